The largest absolute Gasteiger partial charge is 0.455 e. The molecule has 0 aromatic carbocycles. The molecule has 1 aromatic heterocycles. The Hall–Kier alpha value is -1.33. The number of nitrogens with one attached hydrogen (secondary N) is 1. The molecule has 1 fully saturated rings. The lowest BCUT2D eigenvalue weighted by atomic mass is 9.94. The van der Waals surface area contributed by atoms with Gasteiger partial charge in [-0.1, -0.05) is 19.3 Å². The van der Waals surface area contributed by atoms with Gasteiger partial charge in [0.05, 0.1) is 6.54 Å². The molecule has 0 spiro atoms. The number of hydrazine groups is 1. The van der Waals surface area contributed by atoms with Crippen molar-refractivity contribution in [2.45, 2.75) is 44.7 Å². The van der Waals surface area contributed by atoms with Crippen LogP contribution in [0.5, 0.6) is 0 Å². The molecule has 1 heterocycles. The van der Waals surface area contributed by atoms with Crippen LogP contribution in [0.2, 0.25) is 0 Å². The number of carbonyl (C=O) groups excluding carboxylic acids is 1. The summed E-state index contributed by atoms with van der Waals surface area (Å²) in [6.07, 6.45) is 6.49. The molecule has 0 radical (unpaired) electrons. The summed E-state index contributed by atoms with van der Waals surface area (Å²) in [5, 5.41) is 0. The number of nitrogens with two attached hydrogens (primary N) is 1. The minimum atomic E-state index is -0.387. The van der Waals surface area contributed by atoms with Gasteiger partial charge in [0.15, 0.2) is 5.76 Å². The normalized spacial score (nSPS) is 17.1. The zero-order valence-electron chi connectivity index (χ0n) is 10.8. The van der Waals surface area contributed by atoms with Gasteiger partial charge in [0.25, 0.3) is 0 Å². The van der Waals surface area contributed by atoms with E-state index in [1.54, 1.807) is 6.07 Å². The van der Waals surface area contributed by atoms with Crippen molar-refractivity contribution in [3.8, 4) is 0 Å². The average Bonchev–Trinajstić information content (AvgIpc) is 2.87. The molecule has 3 N–H and O–H groups in total. The van der Waals surface area contributed by atoms with Gasteiger partial charge in [0.1, 0.15) is 5.76 Å². The molecule has 1 saturated carbocycles. The molecule has 18 heavy (non-hydrogen) atoms. The van der Waals surface area contributed by atoms with E-state index in [2.05, 4.69) is 17.4 Å². The lowest BCUT2D eigenvalue weighted by molar-refractivity contribution is 0.0920. The molecule has 0 saturated heterocycles. The van der Waals surface area contributed by atoms with Gasteiger partial charge in [0, 0.05) is 6.04 Å². The van der Waals surface area contributed by atoms with Crippen LogP contribution in [0.3, 0.4) is 0 Å². The molecular weight excluding hydrogens is 230 g/mol. The maximum Gasteiger partial charge on any atom is 0.300 e. The van der Waals surface area contributed by atoms with Crippen LogP contribution in [0.25, 0.3) is 0 Å². The third-order valence-electron chi connectivity index (χ3n) is 3.62. The molecule has 1 aliphatic rings. The van der Waals surface area contributed by atoms with E-state index in [1.165, 1.54) is 32.1 Å². The van der Waals surface area contributed by atoms with E-state index in [0.29, 0.717) is 6.04 Å². The fraction of sp³-hybridized carbons (Fsp3) is 0.615. The molecule has 1 aromatic rings. The highest BCUT2D eigenvalue weighted by molar-refractivity contribution is 5.90. The van der Waals surface area contributed by atoms with Crippen LogP contribution < -0.4 is 11.3 Å². The SMILES string of the molecule is CN(Cc1ccc(C(=O)NN)o1)C1CCCCC1. The molecule has 5 heteroatoms. The van der Waals surface area contributed by atoms with Crippen molar-refractivity contribution in [3.05, 3.63) is 23.7 Å². The Labute approximate surface area is 107 Å². The highest BCUT2D eigenvalue weighted by atomic mass is 16.4. The van der Waals surface area contributed by atoms with Crippen LogP contribution in [0.15, 0.2) is 16.5 Å². The first kappa shape index (κ1) is 13.1. The summed E-state index contributed by atoms with van der Waals surface area (Å²) in [7, 11) is 2.11. The monoisotopic (exact) mass is 251 g/mol. The number of nitrogen functional groups attached to an aromatic ring is 1. The average molecular weight is 251 g/mol. The highest BCUT2D eigenvalue weighted by Gasteiger charge is 2.19. The molecule has 1 amide bonds. The maximum absolute atomic E-state index is 11.3. The van der Waals surface area contributed by atoms with E-state index in [-0.39, 0.29) is 11.7 Å². The van der Waals surface area contributed by atoms with Gasteiger partial charge in [-0.25, -0.2) is 5.84 Å². The Kier molecular flexibility index (Phi) is 4.38. The number of amides is 1. The Bertz CT molecular complexity index is 397. The van der Waals surface area contributed by atoms with Crippen molar-refractivity contribution in [3.63, 3.8) is 0 Å². The van der Waals surface area contributed by atoms with Gasteiger partial charge in [-0.05, 0) is 32.0 Å². The molecule has 0 unspecified atom stereocenters. The predicted octanol–water partition coefficient (Wildman–Crippen LogP) is 1.65. The molecular formula is C13H21N3O2. The van der Waals surface area contributed by atoms with Gasteiger partial charge in [-0.2, -0.15) is 0 Å². The molecule has 2 rings (SSSR count). The summed E-state index contributed by atoms with van der Waals surface area (Å²) in [5.41, 5.74) is 2.06. The second-order valence-corrected chi connectivity index (χ2v) is 4.95. The zero-order valence-corrected chi connectivity index (χ0v) is 10.8. The van der Waals surface area contributed by atoms with E-state index in [0.717, 1.165) is 12.3 Å². The first-order chi connectivity index (χ1) is 8.70. The summed E-state index contributed by atoms with van der Waals surface area (Å²) < 4.78 is 5.46. The summed E-state index contributed by atoms with van der Waals surface area (Å²) in [6.45, 7) is 0.739. The lowest BCUT2D eigenvalue weighted by Gasteiger charge is -2.30. The van der Waals surface area contributed by atoms with E-state index in [1.807, 2.05) is 6.07 Å². The predicted molar refractivity (Wildman–Crippen MR) is 68.7 cm³/mol. The summed E-state index contributed by atoms with van der Waals surface area (Å²) in [6, 6.07) is 4.13. The van der Waals surface area contributed by atoms with Crippen molar-refractivity contribution in [2.24, 2.45) is 5.84 Å². The molecule has 1 aliphatic carbocycles. The first-order valence-corrected chi connectivity index (χ1v) is 6.50. The Balaban J connectivity index is 1.92. The lowest BCUT2D eigenvalue weighted by Crippen LogP contribution is -2.32. The first-order valence-electron chi connectivity index (χ1n) is 6.50. The number of carbonyl (C=O) groups is 1. The Morgan fingerprint density at radius 3 is 2.83 bits per heavy atom. The standard InChI is InChI=1S/C13H21N3O2/c1-16(10-5-3-2-4-6-10)9-11-7-8-12(18-11)13(17)15-14/h7-8,10H,2-6,9,14H2,1H3,(H,15,17). The van der Waals surface area contributed by atoms with E-state index in [9.17, 15) is 4.79 Å². The maximum atomic E-state index is 11.3. The number of rotatable bonds is 4. The van der Waals surface area contributed by atoms with Gasteiger partial charge < -0.3 is 4.42 Å². The van der Waals surface area contributed by atoms with Crippen molar-refractivity contribution in [1.82, 2.24) is 10.3 Å². The molecule has 0 bridgehead atoms. The summed E-state index contributed by atoms with van der Waals surface area (Å²) in [4.78, 5) is 13.6. The minimum absolute atomic E-state index is 0.268. The minimum Gasteiger partial charge on any atom is -0.455 e. The summed E-state index contributed by atoms with van der Waals surface area (Å²) >= 11 is 0. The van der Waals surface area contributed by atoms with Crippen LogP contribution in [-0.2, 0) is 6.54 Å². The van der Waals surface area contributed by atoms with Gasteiger partial charge in [0.2, 0.25) is 0 Å². The Morgan fingerprint density at radius 1 is 1.44 bits per heavy atom. The molecule has 0 atom stereocenters. The third-order valence-corrected chi connectivity index (χ3v) is 3.62. The zero-order chi connectivity index (χ0) is 13.0. The molecule has 100 valence electrons. The van der Waals surface area contributed by atoms with Crippen molar-refractivity contribution in [1.29, 1.82) is 0 Å². The molecule has 5 nitrogen and oxygen atoms in total. The van der Waals surface area contributed by atoms with Gasteiger partial charge >= 0.3 is 5.91 Å². The number of hydrogen-bond acceptors (Lipinski definition) is 4. The smallest absolute Gasteiger partial charge is 0.300 e. The quantitative estimate of drug-likeness (QED) is 0.485. The van der Waals surface area contributed by atoms with E-state index < -0.39 is 0 Å². The fourth-order valence-corrected chi connectivity index (χ4v) is 2.55. The second kappa shape index (κ2) is 6.02. The van der Waals surface area contributed by atoms with Crippen LogP contribution in [0.1, 0.15) is 48.4 Å². The second-order valence-electron chi connectivity index (χ2n) is 4.95. The van der Waals surface area contributed by atoms with Crippen LogP contribution in [0, 0.1) is 0 Å². The van der Waals surface area contributed by atoms with Crippen molar-refractivity contribution < 1.29 is 9.21 Å². The van der Waals surface area contributed by atoms with Crippen molar-refractivity contribution in [2.75, 3.05) is 7.05 Å². The van der Waals surface area contributed by atoms with Gasteiger partial charge in [-0.3, -0.25) is 15.1 Å². The van der Waals surface area contributed by atoms with Crippen LogP contribution in [0.4, 0.5) is 0 Å². The molecule has 0 aliphatic heterocycles. The number of furan rings is 1. The number of hydrogen-bond donors (Lipinski definition) is 2. The number of nitrogens with zero attached hydrogens (tertiary/aromatic N) is 1. The van der Waals surface area contributed by atoms with Crippen molar-refractivity contribution >= 4 is 5.91 Å². The van der Waals surface area contributed by atoms with E-state index in [4.69, 9.17) is 10.3 Å². The van der Waals surface area contributed by atoms with Crippen LogP contribution >= 0.6 is 0 Å². The van der Waals surface area contributed by atoms with E-state index >= 15 is 0 Å². The Morgan fingerprint density at radius 2 is 2.17 bits per heavy atom. The fourth-order valence-electron chi connectivity index (χ4n) is 2.55. The highest BCUT2D eigenvalue weighted by Crippen LogP contribution is 2.23. The summed E-state index contributed by atoms with van der Waals surface area (Å²) in [5.74, 6) is 5.75. The third kappa shape index (κ3) is 3.11. The van der Waals surface area contributed by atoms with Gasteiger partial charge in [-0.15, -0.1) is 0 Å². The topological polar surface area (TPSA) is 71.5 Å². The van der Waals surface area contributed by atoms with Crippen LogP contribution in [-0.4, -0.2) is 23.9 Å².